The summed E-state index contributed by atoms with van der Waals surface area (Å²) in [7, 11) is 0. The maximum absolute atomic E-state index is 13.2. The summed E-state index contributed by atoms with van der Waals surface area (Å²) in [5, 5.41) is 0.588. The standard InChI is InChI=1S/C16H17FN2O2/c17-11-5-6-12-13(10-18-14(12)9-11)15(20)16(21)19-7-3-1-2-4-8-19/h5-6,9-10,18H,1-4,7-8H2. The van der Waals surface area contributed by atoms with E-state index < -0.39 is 11.7 Å². The fraction of sp³-hybridized carbons (Fsp3) is 0.375. The molecule has 1 aliphatic heterocycles. The van der Waals surface area contributed by atoms with Crippen molar-refractivity contribution in [1.82, 2.24) is 9.88 Å². The lowest BCUT2D eigenvalue weighted by Crippen LogP contribution is -2.37. The molecule has 4 nitrogen and oxygen atoms in total. The summed E-state index contributed by atoms with van der Waals surface area (Å²) in [5.74, 6) is -1.35. The van der Waals surface area contributed by atoms with Crippen LogP contribution in [0.1, 0.15) is 36.0 Å². The van der Waals surface area contributed by atoms with Crippen LogP contribution in [0, 0.1) is 5.82 Å². The number of benzene rings is 1. The number of Topliss-reactive ketones (excluding diaryl/α,β-unsaturated/α-hetero) is 1. The number of H-pyrrole nitrogens is 1. The maximum Gasteiger partial charge on any atom is 0.295 e. The van der Waals surface area contributed by atoms with Gasteiger partial charge in [0.2, 0.25) is 0 Å². The highest BCUT2D eigenvalue weighted by molar-refractivity contribution is 6.44. The number of aromatic nitrogens is 1. The largest absolute Gasteiger partial charge is 0.360 e. The molecule has 2 aromatic rings. The Morgan fingerprint density at radius 2 is 1.81 bits per heavy atom. The van der Waals surface area contributed by atoms with Crippen molar-refractivity contribution in [1.29, 1.82) is 0 Å². The van der Waals surface area contributed by atoms with Crippen molar-refractivity contribution >= 4 is 22.6 Å². The van der Waals surface area contributed by atoms with Crippen molar-refractivity contribution in [3.63, 3.8) is 0 Å². The minimum absolute atomic E-state index is 0.319. The third-order valence-electron chi connectivity index (χ3n) is 3.98. The molecule has 1 amide bonds. The predicted molar refractivity (Wildman–Crippen MR) is 77.6 cm³/mol. The van der Waals surface area contributed by atoms with Gasteiger partial charge in [0.25, 0.3) is 11.7 Å². The van der Waals surface area contributed by atoms with Crippen LogP contribution in [-0.2, 0) is 4.79 Å². The number of nitrogens with one attached hydrogen (secondary N) is 1. The van der Waals surface area contributed by atoms with Crippen molar-refractivity contribution in [3.8, 4) is 0 Å². The zero-order valence-corrected chi connectivity index (χ0v) is 11.7. The molecule has 0 spiro atoms. The molecule has 0 aliphatic carbocycles. The molecule has 110 valence electrons. The first-order valence-electron chi connectivity index (χ1n) is 7.27. The van der Waals surface area contributed by atoms with Crippen LogP contribution < -0.4 is 0 Å². The summed E-state index contributed by atoms with van der Waals surface area (Å²) in [4.78, 5) is 29.2. The van der Waals surface area contributed by atoms with E-state index in [0.717, 1.165) is 25.7 Å². The highest BCUT2D eigenvalue weighted by atomic mass is 19.1. The second kappa shape index (κ2) is 5.68. The van der Waals surface area contributed by atoms with Crippen LogP contribution >= 0.6 is 0 Å². The van der Waals surface area contributed by atoms with Gasteiger partial charge >= 0.3 is 0 Å². The Morgan fingerprint density at radius 1 is 1.10 bits per heavy atom. The average molecular weight is 288 g/mol. The van der Waals surface area contributed by atoms with Gasteiger partial charge in [-0.1, -0.05) is 12.8 Å². The molecule has 0 atom stereocenters. The fourth-order valence-electron chi connectivity index (χ4n) is 2.82. The molecule has 0 radical (unpaired) electrons. The summed E-state index contributed by atoms with van der Waals surface area (Å²) in [6, 6.07) is 4.15. The van der Waals surface area contributed by atoms with Crippen LogP contribution in [0.15, 0.2) is 24.4 Å². The van der Waals surface area contributed by atoms with Gasteiger partial charge in [-0.15, -0.1) is 0 Å². The molecule has 2 heterocycles. The number of fused-ring (bicyclic) bond motifs is 1. The van der Waals surface area contributed by atoms with E-state index in [1.54, 1.807) is 4.90 Å². The minimum atomic E-state index is -0.519. The van der Waals surface area contributed by atoms with E-state index in [4.69, 9.17) is 0 Å². The number of carbonyl (C=O) groups excluding carboxylic acids is 2. The van der Waals surface area contributed by atoms with Crippen LogP contribution in [0.25, 0.3) is 10.9 Å². The van der Waals surface area contributed by atoms with Gasteiger partial charge < -0.3 is 9.88 Å². The molecule has 0 bridgehead atoms. The lowest BCUT2D eigenvalue weighted by atomic mass is 10.1. The van der Waals surface area contributed by atoms with Crippen molar-refractivity contribution in [2.75, 3.05) is 13.1 Å². The Hall–Kier alpha value is -2.17. The Morgan fingerprint density at radius 3 is 2.52 bits per heavy atom. The quantitative estimate of drug-likeness (QED) is 0.682. The van der Waals surface area contributed by atoms with Crippen LogP contribution in [0.3, 0.4) is 0 Å². The van der Waals surface area contributed by atoms with Gasteiger partial charge in [0.1, 0.15) is 5.82 Å². The van der Waals surface area contributed by atoms with Gasteiger partial charge in [0.15, 0.2) is 0 Å². The monoisotopic (exact) mass is 288 g/mol. The van der Waals surface area contributed by atoms with Crippen molar-refractivity contribution in [2.45, 2.75) is 25.7 Å². The predicted octanol–water partition coefficient (Wildman–Crippen LogP) is 2.89. The number of ketones is 1. The van der Waals surface area contributed by atoms with Crippen LogP contribution in [0.2, 0.25) is 0 Å². The molecular weight excluding hydrogens is 271 g/mol. The molecule has 21 heavy (non-hydrogen) atoms. The molecule has 1 aromatic carbocycles. The van der Waals surface area contributed by atoms with E-state index in [2.05, 4.69) is 4.98 Å². The normalized spacial score (nSPS) is 16.0. The second-order valence-corrected chi connectivity index (χ2v) is 5.43. The highest BCUT2D eigenvalue weighted by Crippen LogP contribution is 2.21. The Kier molecular flexibility index (Phi) is 3.73. The summed E-state index contributed by atoms with van der Waals surface area (Å²) in [6.07, 6.45) is 5.58. The number of hydrogen-bond acceptors (Lipinski definition) is 2. The summed E-state index contributed by atoms with van der Waals surface area (Å²) in [5.41, 5.74) is 0.848. The molecule has 1 saturated heterocycles. The van der Waals surface area contributed by atoms with Crippen molar-refractivity contribution in [3.05, 3.63) is 35.8 Å². The van der Waals surface area contributed by atoms with Gasteiger partial charge in [0.05, 0.1) is 5.56 Å². The smallest absolute Gasteiger partial charge is 0.295 e. The first-order valence-corrected chi connectivity index (χ1v) is 7.27. The molecule has 0 unspecified atom stereocenters. The van der Waals surface area contributed by atoms with Crippen molar-refractivity contribution in [2.24, 2.45) is 0 Å². The zero-order chi connectivity index (χ0) is 14.8. The first kappa shape index (κ1) is 13.8. The number of amides is 1. The van der Waals surface area contributed by atoms with Gasteiger partial charge in [-0.2, -0.15) is 0 Å². The molecule has 0 saturated carbocycles. The van der Waals surface area contributed by atoms with Gasteiger partial charge in [-0.3, -0.25) is 9.59 Å². The van der Waals surface area contributed by atoms with Crippen molar-refractivity contribution < 1.29 is 14.0 Å². The highest BCUT2D eigenvalue weighted by Gasteiger charge is 2.25. The number of likely N-dealkylation sites (tertiary alicyclic amines) is 1. The number of halogens is 1. The number of aromatic amines is 1. The second-order valence-electron chi connectivity index (χ2n) is 5.43. The van der Waals surface area contributed by atoms with E-state index in [9.17, 15) is 14.0 Å². The number of hydrogen-bond donors (Lipinski definition) is 1. The molecular formula is C16H17FN2O2. The summed E-state index contributed by atoms with van der Waals surface area (Å²) in [6.45, 7) is 1.28. The van der Waals surface area contributed by atoms with E-state index in [1.807, 2.05) is 0 Å². The van der Waals surface area contributed by atoms with E-state index in [-0.39, 0.29) is 5.82 Å². The molecule has 5 heteroatoms. The van der Waals surface area contributed by atoms with E-state index in [1.165, 1.54) is 24.4 Å². The molecule has 1 aromatic heterocycles. The van der Waals surface area contributed by atoms with Crippen LogP contribution in [-0.4, -0.2) is 34.7 Å². The fourth-order valence-corrected chi connectivity index (χ4v) is 2.82. The number of rotatable bonds is 2. The Labute approximate surface area is 121 Å². The third-order valence-corrected chi connectivity index (χ3v) is 3.98. The molecule has 3 rings (SSSR count). The number of nitrogens with zero attached hydrogens (tertiary/aromatic N) is 1. The van der Waals surface area contributed by atoms with E-state index in [0.29, 0.717) is 29.6 Å². The minimum Gasteiger partial charge on any atom is -0.360 e. The summed E-state index contributed by atoms with van der Waals surface area (Å²) >= 11 is 0. The number of carbonyl (C=O) groups is 2. The third kappa shape index (κ3) is 2.68. The van der Waals surface area contributed by atoms with Gasteiger partial charge in [-0.05, 0) is 31.0 Å². The van der Waals surface area contributed by atoms with E-state index >= 15 is 0 Å². The van der Waals surface area contributed by atoms with Crippen LogP contribution in [0.4, 0.5) is 4.39 Å². The van der Waals surface area contributed by atoms with Gasteiger partial charge in [-0.25, -0.2) is 4.39 Å². The zero-order valence-electron chi connectivity index (χ0n) is 11.7. The summed E-state index contributed by atoms with van der Waals surface area (Å²) < 4.78 is 13.2. The lowest BCUT2D eigenvalue weighted by molar-refractivity contribution is -0.126. The topological polar surface area (TPSA) is 53.2 Å². The Bertz CT molecular complexity index is 685. The molecule has 1 aliphatic rings. The van der Waals surface area contributed by atoms with Gasteiger partial charge in [0, 0.05) is 30.2 Å². The molecule has 1 N–H and O–H groups in total. The lowest BCUT2D eigenvalue weighted by Gasteiger charge is -2.18. The molecule has 1 fully saturated rings. The first-order chi connectivity index (χ1) is 10.2. The van der Waals surface area contributed by atoms with Crippen LogP contribution in [0.5, 0.6) is 0 Å². The Balaban J connectivity index is 1.87. The maximum atomic E-state index is 13.2. The average Bonchev–Trinajstić information content (AvgIpc) is 2.71. The SMILES string of the molecule is O=C(C(=O)N1CCCCCC1)c1c[nH]c2cc(F)ccc12.